The zero-order valence-corrected chi connectivity index (χ0v) is 12.1. The molecule has 0 saturated heterocycles. The number of thioether (sulfide) groups is 1. The summed E-state index contributed by atoms with van der Waals surface area (Å²) < 4.78 is 18.1. The molecule has 20 heavy (non-hydrogen) atoms. The van der Waals surface area contributed by atoms with Gasteiger partial charge in [0, 0.05) is 0 Å². The molecule has 110 valence electrons. The van der Waals surface area contributed by atoms with Gasteiger partial charge in [-0.3, -0.25) is 4.79 Å². The number of benzene rings is 1. The van der Waals surface area contributed by atoms with Crippen LogP contribution in [0.4, 0.5) is 10.1 Å². The average molecular weight is 300 g/mol. The Morgan fingerprint density at radius 3 is 2.80 bits per heavy atom. The Morgan fingerprint density at radius 2 is 2.20 bits per heavy atom. The Morgan fingerprint density at radius 1 is 1.50 bits per heavy atom. The van der Waals surface area contributed by atoms with Crippen molar-refractivity contribution in [2.75, 3.05) is 24.4 Å². The first-order valence-corrected chi connectivity index (χ1v) is 7.32. The lowest BCUT2D eigenvalue weighted by Crippen LogP contribution is -2.36. The highest BCUT2D eigenvalue weighted by Crippen LogP contribution is 2.17. The molecule has 7 heteroatoms. The number of esters is 1. The van der Waals surface area contributed by atoms with Gasteiger partial charge in [-0.15, -0.1) is 0 Å². The summed E-state index contributed by atoms with van der Waals surface area (Å²) >= 11 is 1.57. The third-order valence-corrected chi connectivity index (χ3v) is 3.26. The zero-order chi connectivity index (χ0) is 15.1. The van der Waals surface area contributed by atoms with Crippen LogP contribution >= 0.6 is 11.8 Å². The molecule has 0 aliphatic carbocycles. The van der Waals surface area contributed by atoms with Gasteiger partial charge in [0.25, 0.3) is 0 Å². The summed E-state index contributed by atoms with van der Waals surface area (Å²) in [6.45, 7) is 0. The van der Waals surface area contributed by atoms with Crippen LogP contribution in [-0.2, 0) is 9.53 Å². The van der Waals surface area contributed by atoms with E-state index in [-0.39, 0.29) is 11.3 Å². The second-order valence-electron chi connectivity index (χ2n) is 4.06. The third-order valence-electron chi connectivity index (χ3n) is 2.62. The van der Waals surface area contributed by atoms with E-state index >= 15 is 0 Å². The second kappa shape index (κ2) is 7.86. The van der Waals surface area contributed by atoms with Crippen LogP contribution in [0.3, 0.4) is 0 Å². The van der Waals surface area contributed by atoms with E-state index < -0.39 is 23.7 Å². The summed E-state index contributed by atoms with van der Waals surface area (Å²) in [6.07, 6.45) is 2.40. The van der Waals surface area contributed by atoms with Gasteiger partial charge < -0.3 is 15.8 Å². The molecule has 1 aromatic carbocycles. The summed E-state index contributed by atoms with van der Waals surface area (Å²) in [7, 11) is 1.22. The van der Waals surface area contributed by atoms with Crippen molar-refractivity contribution in [1.29, 1.82) is 0 Å². The molecule has 1 amide bonds. The van der Waals surface area contributed by atoms with Gasteiger partial charge in [-0.05, 0) is 36.6 Å². The summed E-state index contributed by atoms with van der Waals surface area (Å²) in [6, 6.07) is 2.88. The molecule has 0 unspecified atom stereocenters. The first kappa shape index (κ1) is 16.5. The minimum atomic E-state index is -0.719. The fourth-order valence-electron chi connectivity index (χ4n) is 1.47. The van der Waals surface area contributed by atoms with E-state index in [1.165, 1.54) is 19.2 Å². The van der Waals surface area contributed by atoms with Crippen molar-refractivity contribution in [3.63, 3.8) is 0 Å². The maximum Gasteiger partial charge on any atom is 0.337 e. The van der Waals surface area contributed by atoms with Crippen LogP contribution in [0, 0.1) is 5.82 Å². The van der Waals surface area contributed by atoms with E-state index in [0.717, 1.165) is 11.8 Å². The van der Waals surface area contributed by atoms with Crippen LogP contribution in [0.1, 0.15) is 16.8 Å². The minimum absolute atomic E-state index is 0.0856. The number of halogens is 1. The van der Waals surface area contributed by atoms with E-state index in [1.54, 1.807) is 11.8 Å². The van der Waals surface area contributed by atoms with Crippen molar-refractivity contribution in [2.45, 2.75) is 12.5 Å². The topological polar surface area (TPSA) is 81.4 Å². The number of ether oxygens (including phenoxy) is 1. The van der Waals surface area contributed by atoms with Gasteiger partial charge in [0.2, 0.25) is 5.91 Å². The number of nitrogens with two attached hydrogens (primary N) is 1. The quantitative estimate of drug-likeness (QED) is 0.780. The molecule has 0 heterocycles. The molecule has 0 spiro atoms. The molecule has 3 N–H and O–H groups in total. The van der Waals surface area contributed by atoms with E-state index in [0.29, 0.717) is 6.42 Å². The molecule has 0 fully saturated rings. The molecule has 1 atom stereocenters. The van der Waals surface area contributed by atoms with Gasteiger partial charge in [0.1, 0.15) is 5.82 Å². The van der Waals surface area contributed by atoms with E-state index in [9.17, 15) is 14.0 Å². The number of methoxy groups -OCH3 is 1. The predicted octanol–water partition coefficient (Wildman–Crippen LogP) is 1.63. The number of hydrogen-bond acceptors (Lipinski definition) is 5. The molecule has 0 bridgehead atoms. The predicted molar refractivity (Wildman–Crippen MR) is 77.3 cm³/mol. The molecule has 0 aromatic heterocycles. The van der Waals surface area contributed by atoms with Crippen LogP contribution in [0.15, 0.2) is 18.2 Å². The van der Waals surface area contributed by atoms with E-state index in [2.05, 4.69) is 10.1 Å². The van der Waals surface area contributed by atoms with Gasteiger partial charge in [-0.1, -0.05) is 0 Å². The largest absolute Gasteiger partial charge is 0.465 e. The van der Waals surface area contributed by atoms with Crippen molar-refractivity contribution in [1.82, 2.24) is 0 Å². The van der Waals surface area contributed by atoms with E-state index in [4.69, 9.17) is 5.73 Å². The van der Waals surface area contributed by atoms with Crippen LogP contribution < -0.4 is 11.1 Å². The van der Waals surface area contributed by atoms with Crippen LogP contribution in [0.25, 0.3) is 0 Å². The monoisotopic (exact) mass is 300 g/mol. The highest BCUT2D eigenvalue weighted by atomic mass is 32.2. The van der Waals surface area contributed by atoms with Crippen LogP contribution in [0.2, 0.25) is 0 Å². The highest BCUT2D eigenvalue weighted by molar-refractivity contribution is 7.98. The Bertz CT molecular complexity index is 497. The Hall–Kier alpha value is -1.60. The van der Waals surface area contributed by atoms with Crippen molar-refractivity contribution in [3.8, 4) is 0 Å². The van der Waals surface area contributed by atoms with Gasteiger partial charge in [-0.2, -0.15) is 11.8 Å². The lowest BCUT2D eigenvalue weighted by molar-refractivity contribution is -0.117. The zero-order valence-electron chi connectivity index (χ0n) is 11.3. The summed E-state index contributed by atoms with van der Waals surface area (Å²) in [5, 5.41) is 2.38. The van der Waals surface area contributed by atoms with Crippen molar-refractivity contribution in [3.05, 3.63) is 29.6 Å². The van der Waals surface area contributed by atoms with Gasteiger partial charge in [0.15, 0.2) is 0 Å². The van der Waals surface area contributed by atoms with Crippen molar-refractivity contribution >= 4 is 29.3 Å². The molecule has 0 aliphatic heterocycles. The molecular weight excluding hydrogens is 283 g/mol. The maximum absolute atomic E-state index is 13.6. The van der Waals surface area contributed by atoms with Gasteiger partial charge >= 0.3 is 5.97 Å². The smallest absolute Gasteiger partial charge is 0.337 e. The first-order valence-electron chi connectivity index (χ1n) is 5.92. The second-order valence-corrected chi connectivity index (χ2v) is 5.05. The Kier molecular flexibility index (Phi) is 6.47. The lowest BCUT2D eigenvalue weighted by atomic mass is 10.1. The lowest BCUT2D eigenvalue weighted by Gasteiger charge is -2.12. The standard InChI is InChI=1S/C13H17FN2O3S/c1-19-13(18)8-3-4-9(14)11(7-8)16-12(17)10(15)5-6-20-2/h3-4,7,10H,5-6,15H2,1-2H3,(H,16,17)/t10-/m0/s1. The third kappa shape index (κ3) is 4.50. The summed E-state index contributed by atoms with van der Waals surface area (Å²) in [5.74, 6) is -0.991. The fourth-order valence-corrected chi connectivity index (χ4v) is 1.96. The Balaban J connectivity index is 2.80. The number of carbonyl (C=O) groups is 2. The number of amides is 1. The molecule has 1 rings (SSSR count). The number of hydrogen-bond donors (Lipinski definition) is 2. The molecule has 0 saturated carbocycles. The molecule has 0 aliphatic rings. The van der Waals surface area contributed by atoms with Gasteiger partial charge in [-0.25, -0.2) is 9.18 Å². The average Bonchev–Trinajstić information content (AvgIpc) is 2.45. The summed E-state index contributed by atoms with van der Waals surface area (Å²) in [4.78, 5) is 23.1. The number of carbonyl (C=O) groups excluding carboxylic acids is 2. The van der Waals surface area contributed by atoms with Crippen LogP contribution in [0.5, 0.6) is 0 Å². The Labute approximate surface area is 121 Å². The number of nitrogens with one attached hydrogen (secondary N) is 1. The van der Waals surface area contributed by atoms with E-state index in [1.807, 2.05) is 6.26 Å². The minimum Gasteiger partial charge on any atom is -0.465 e. The maximum atomic E-state index is 13.6. The molecule has 5 nitrogen and oxygen atoms in total. The van der Waals surface area contributed by atoms with Crippen molar-refractivity contribution < 1.29 is 18.7 Å². The van der Waals surface area contributed by atoms with Gasteiger partial charge in [0.05, 0.1) is 24.4 Å². The number of rotatable bonds is 6. The number of anilines is 1. The highest BCUT2D eigenvalue weighted by Gasteiger charge is 2.16. The van der Waals surface area contributed by atoms with Crippen LogP contribution in [-0.4, -0.2) is 37.0 Å². The molecule has 0 radical (unpaired) electrons. The normalized spacial score (nSPS) is 11.8. The fraction of sp³-hybridized carbons (Fsp3) is 0.385. The first-order chi connectivity index (χ1) is 9.49. The molecular formula is C13H17FN2O3S. The van der Waals surface area contributed by atoms with Crippen molar-refractivity contribution in [2.24, 2.45) is 5.73 Å². The molecule has 1 aromatic rings. The summed E-state index contributed by atoms with van der Waals surface area (Å²) in [5.41, 5.74) is 5.75. The SMILES string of the molecule is COC(=O)c1ccc(F)c(NC(=O)[C@@H](N)CCSC)c1.